The number of carbonyl (C=O) groups is 1. The maximum Gasteiger partial charge on any atom is 0.242 e. The maximum atomic E-state index is 12.0. The Morgan fingerprint density at radius 2 is 2.18 bits per heavy atom. The van der Waals surface area contributed by atoms with Crippen molar-refractivity contribution in [2.24, 2.45) is 0 Å². The molecule has 0 aromatic carbocycles. The number of likely N-dealkylation sites (tertiary alicyclic amines) is 1. The van der Waals surface area contributed by atoms with E-state index in [0.29, 0.717) is 12.4 Å². The van der Waals surface area contributed by atoms with Crippen LogP contribution in [0.2, 0.25) is 0 Å². The number of likely N-dealkylation sites (N-methyl/N-ethyl adjacent to an activating group) is 1. The van der Waals surface area contributed by atoms with Crippen molar-refractivity contribution in [2.75, 3.05) is 37.3 Å². The van der Waals surface area contributed by atoms with Gasteiger partial charge in [0.25, 0.3) is 0 Å². The predicted octanol–water partition coefficient (Wildman–Crippen LogP) is 1.09. The van der Waals surface area contributed by atoms with Crippen LogP contribution >= 0.6 is 11.5 Å². The van der Waals surface area contributed by atoms with Crippen LogP contribution in [0, 0.1) is 6.92 Å². The molecule has 0 radical (unpaired) electrons. The maximum absolute atomic E-state index is 12.0. The number of aromatic nitrogens is 1. The molecule has 1 aromatic rings. The van der Waals surface area contributed by atoms with Crippen LogP contribution in [-0.2, 0) is 4.79 Å². The summed E-state index contributed by atoms with van der Waals surface area (Å²) in [6.45, 7) is 4.14. The van der Waals surface area contributed by atoms with Crippen molar-refractivity contribution < 1.29 is 4.79 Å². The number of amides is 1. The van der Waals surface area contributed by atoms with E-state index in [9.17, 15) is 4.79 Å². The second-order valence-corrected chi connectivity index (χ2v) is 5.19. The minimum absolute atomic E-state index is 0.191. The molecule has 1 amide bonds. The fraction of sp³-hybridized carbons (Fsp3) is 0.636. The molecular weight excluding hydrogens is 236 g/mol. The van der Waals surface area contributed by atoms with Gasteiger partial charge in [0.2, 0.25) is 5.91 Å². The third-order valence-electron chi connectivity index (χ3n) is 3.11. The van der Waals surface area contributed by atoms with E-state index in [-0.39, 0.29) is 5.91 Å². The number of carbonyl (C=O) groups excluding carboxylic acids is 1. The minimum Gasteiger partial charge on any atom is -0.383 e. The lowest BCUT2D eigenvalue weighted by atomic mass is 10.3. The average molecular weight is 254 g/mol. The molecule has 1 aliphatic heterocycles. The summed E-state index contributed by atoms with van der Waals surface area (Å²) >= 11 is 1.35. The summed E-state index contributed by atoms with van der Waals surface area (Å²) in [5, 5.41) is 0.982. The summed E-state index contributed by atoms with van der Waals surface area (Å²) in [6, 6.07) is 0. The van der Waals surface area contributed by atoms with E-state index < -0.39 is 0 Å². The van der Waals surface area contributed by atoms with Gasteiger partial charge in [-0.3, -0.25) is 4.79 Å². The van der Waals surface area contributed by atoms with Gasteiger partial charge in [0.1, 0.15) is 10.8 Å². The normalized spacial score (nSPS) is 15.3. The molecule has 5 nitrogen and oxygen atoms in total. The molecular formula is C11H18N4OS. The molecule has 17 heavy (non-hydrogen) atoms. The first kappa shape index (κ1) is 12.2. The Balaban J connectivity index is 1.98. The van der Waals surface area contributed by atoms with Gasteiger partial charge in [-0.25, -0.2) is 0 Å². The van der Waals surface area contributed by atoms with Gasteiger partial charge in [0.15, 0.2) is 0 Å². The Labute approximate surface area is 105 Å². The molecule has 1 aromatic heterocycles. The van der Waals surface area contributed by atoms with E-state index in [1.54, 1.807) is 0 Å². The number of anilines is 2. The first-order valence-electron chi connectivity index (χ1n) is 5.80. The van der Waals surface area contributed by atoms with E-state index in [2.05, 4.69) is 4.37 Å². The van der Waals surface area contributed by atoms with Crippen molar-refractivity contribution in [3.63, 3.8) is 0 Å². The average Bonchev–Trinajstić information content (AvgIpc) is 2.90. The van der Waals surface area contributed by atoms with Crippen molar-refractivity contribution in [1.82, 2.24) is 9.27 Å². The summed E-state index contributed by atoms with van der Waals surface area (Å²) in [7, 11) is 1.91. The SMILES string of the molecule is Cc1c(N)nsc1N(C)CC(=O)N1CCCC1. The van der Waals surface area contributed by atoms with Crippen molar-refractivity contribution in [3.8, 4) is 0 Å². The molecule has 2 N–H and O–H groups in total. The molecule has 0 spiro atoms. The fourth-order valence-corrected chi connectivity index (χ4v) is 2.80. The number of hydrogen-bond acceptors (Lipinski definition) is 5. The minimum atomic E-state index is 0.191. The highest BCUT2D eigenvalue weighted by atomic mass is 32.1. The van der Waals surface area contributed by atoms with Crippen LogP contribution in [0.3, 0.4) is 0 Å². The highest BCUT2D eigenvalue weighted by Gasteiger charge is 2.20. The zero-order chi connectivity index (χ0) is 12.4. The number of nitrogens with zero attached hydrogens (tertiary/aromatic N) is 3. The van der Waals surface area contributed by atoms with Crippen LogP contribution in [0.15, 0.2) is 0 Å². The van der Waals surface area contributed by atoms with Crippen LogP contribution in [0.25, 0.3) is 0 Å². The lowest BCUT2D eigenvalue weighted by Crippen LogP contribution is -2.37. The number of nitrogens with two attached hydrogens (primary N) is 1. The quantitative estimate of drug-likeness (QED) is 0.877. The van der Waals surface area contributed by atoms with Gasteiger partial charge < -0.3 is 15.5 Å². The first-order valence-corrected chi connectivity index (χ1v) is 6.57. The Bertz CT molecular complexity index is 412. The largest absolute Gasteiger partial charge is 0.383 e. The van der Waals surface area contributed by atoms with E-state index in [1.807, 2.05) is 23.8 Å². The van der Waals surface area contributed by atoms with Crippen molar-refractivity contribution in [1.29, 1.82) is 0 Å². The Morgan fingerprint density at radius 3 is 2.71 bits per heavy atom. The van der Waals surface area contributed by atoms with Gasteiger partial charge in [-0.05, 0) is 31.3 Å². The third-order valence-corrected chi connectivity index (χ3v) is 4.19. The molecule has 2 rings (SSSR count). The molecule has 0 atom stereocenters. The van der Waals surface area contributed by atoms with E-state index in [4.69, 9.17) is 5.73 Å². The lowest BCUT2D eigenvalue weighted by molar-refractivity contribution is -0.128. The summed E-state index contributed by atoms with van der Waals surface area (Å²) < 4.78 is 4.09. The zero-order valence-corrected chi connectivity index (χ0v) is 11.1. The standard InChI is InChI=1S/C11H18N4OS/c1-8-10(12)13-17-11(8)14(2)7-9(16)15-5-3-4-6-15/h3-7H2,1-2H3,(H2,12,13). The van der Waals surface area contributed by atoms with Gasteiger partial charge >= 0.3 is 0 Å². The van der Waals surface area contributed by atoms with Crippen LogP contribution in [0.5, 0.6) is 0 Å². The molecule has 0 aliphatic carbocycles. The topological polar surface area (TPSA) is 62.5 Å². The molecule has 1 fully saturated rings. The Morgan fingerprint density at radius 1 is 1.53 bits per heavy atom. The lowest BCUT2D eigenvalue weighted by Gasteiger charge is -2.21. The van der Waals surface area contributed by atoms with Crippen LogP contribution in [0.4, 0.5) is 10.8 Å². The molecule has 1 saturated heterocycles. The van der Waals surface area contributed by atoms with E-state index in [1.165, 1.54) is 11.5 Å². The van der Waals surface area contributed by atoms with Crippen LogP contribution in [0.1, 0.15) is 18.4 Å². The van der Waals surface area contributed by atoms with Crippen LogP contribution < -0.4 is 10.6 Å². The molecule has 2 heterocycles. The molecule has 0 unspecified atom stereocenters. The fourth-order valence-electron chi connectivity index (χ4n) is 2.04. The van der Waals surface area contributed by atoms with Crippen molar-refractivity contribution in [2.45, 2.75) is 19.8 Å². The predicted molar refractivity (Wildman–Crippen MR) is 70.3 cm³/mol. The highest BCUT2D eigenvalue weighted by Crippen LogP contribution is 2.28. The zero-order valence-electron chi connectivity index (χ0n) is 10.3. The summed E-state index contributed by atoms with van der Waals surface area (Å²) in [6.07, 6.45) is 2.25. The van der Waals surface area contributed by atoms with Crippen LogP contribution in [-0.4, -0.2) is 41.9 Å². The molecule has 1 aliphatic rings. The van der Waals surface area contributed by atoms with Gasteiger partial charge in [-0.1, -0.05) is 0 Å². The summed E-state index contributed by atoms with van der Waals surface area (Å²) in [5.41, 5.74) is 6.67. The van der Waals surface area contributed by atoms with Gasteiger partial charge in [-0.15, -0.1) is 0 Å². The second kappa shape index (κ2) is 4.91. The monoisotopic (exact) mass is 254 g/mol. The number of nitrogen functional groups attached to an aromatic ring is 1. The number of hydrogen-bond donors (Lipinski definition) is 1. The summed E-state index contributed by atoms with van der Waals surface area (Å²) in [4.78, 5) is 15.8. The molecule has 94 valence electrons. The molecule has 0 bridgehead atoms. The Kier molecular flexibility index (Phi) is 3.51. The van der Waals surface area contributed by atoms with Gasteiger partial charge in [0, 0.05) is 25.7 Å². The van der Waals surface area contributed by atoms with E-state index in [0.717, 1.165) is 36.5 Å². The first-order chi connectivity index (χ1) is 8.09. The van der Waals surface area contributed by atoms with Crippen molar-refractivity contribution >= 4 is 28.3 Å². The van der Waals surface area contributed by atoms with E-state index >= 15 is 0 Å². The smallest absolute Gasteiger partial charge is 0.242 e. The van der Waals surface area contributed by atoms with Gasteiger partial charge in [-0.2, -0.15) is 4.37 Å². The molecule has 0 saturated carbocycles. The molecule has 6 heteroatoms. The Hall–Kier alpha value is -1.30. The number of rotatable bonds is 3. The third kappa shape index (κ3) is 2.52. The van der Waals surface area contributed by atoms with Crippen molar-refractivity contribution in [3.05, 3.63) is 5.56 Å². The highest BCUT2D eigenvalue weighted by molar-refractivity contribution is 7.10. The van der Waals surface area contributed by atoms with Gasteiger partial charge in [0.05, 0.1) is 6.54 Å². The second-order valence-electron chi connectivity index (χ2n) is 4.44. The summed E-state index contributed by atoms with van der Waals surface area (Å²) in [5.74, 6) is 0.752.